The topological polar surface area (TPSA) is 48.8 Å². The van der Waals surface area contributed by atoms with Gasteiger partial charge in [0.05, 0.1) is 8.07 Å². The number of hydrogen-bond donors (Lipinski definition) is 0. The molecule has 0 aliphatic carbocycles. The fourth-order valence-electron chi connectivity index (χ4n) is 1.24. The maximum Gasteiger partial charge on any atom is 0.123 e. The standard InChI is InChI=1S/C9H12FN3Si/c1-14(2,3)9-6-7(10)4-5-8(9)12-13-11/h4-6H,1-3H3. The first-order valence-electron chi connectivity index (χ1n) is 4.30. The summed E-state index contributed by atoms with van der Waals surface area (Å²) in [6, 6.07) is 4.31. The van der Waals surface area contributed by atoms with Gasteiger partial charge in [0, 0.05) is 10.6 Å². The Balaban J connectivity index is 3.37. The van der Waals surface area contributed by atoms with E-state index in [4.69, 9.17) is 5.53 Å². The average molecular weight is 209 g/mol. The minimum atomic E-state index is -1.65. The number of rotatable bonds is 2. The summed E-state index contributed by atoms with van der Waals surface area (Å²) in [6.07, 6.45) is 0. The molecule has 0 radical (unpaired) electrons. The summed E-state index contributed by atoms with van der Waals surface area (Å²) in [5.41, 5.74) is 8.91. The fourth-order valence-corrected chi connectivity index (χ4v) is 2.72. The van der Waals surface area contributed by atoms with Crippen molar-refractivity contribution in [1.29, 1.82) is 0 Å². The predicted octanol–water partition coefficient (Wildman–Crippen LogP) is 3.31. The molecule has 0 saturated heterocycles. The highest BCUT2D eigenvalue weighted by Crippen LogP contribution is 2.16. The maximum absolute atomic E-state index is 13.0. The highest BCUT2D eigenvalue weighted by Gasteiger charge is 2.20. The zero-order valence-corrected chi connectivity index (χ0v) is 9.45. The SMILES string of the molecule is C[Si](C)(C)c1cc(F)ccc1N=[N+]=[N-]. The Bertz CT molecular complexity index is 392. The minimum Gasteiger partial charge on any atom is -0.207 e. The smallest absolute Gasteiger partial charge is 0.123 e. The van der Waals surface area contributed by atoms with Gasteiger partial charge in [-0.2, -0.15) is 0 Å². The minimum absolute atomic E-state index is 0.278. The van der Waals surface area contributed by atoms with Crippen LogP contribution in [0.15, 0.2) is 23.3 Å². The highest BCUT2D eigenvalue weighted by atomic mass is 28.3. The van der Waals surface area contributed by atoms with E-state index >= 15 is 0 Å². The van der Waals surface area contributed by atoms with Gasteiger partial charge in [-0.1, -0.05) is 24.8 Å². The molecule has 0 unspecified atom stereocenters. The van der Waals surface area contributed by atoms with Crippen molar-refractivity contribution in [2.24, 2.45) is 5.11 Å². The van der Waals surface area contributed by atoms with Crippen molar-refractivity contribution in [3.05, 3.63) is 34.5 Å². The Kier molecular flexibility index (Phi) is 2.93. The number of benzene rings is 1. The Morgan fingerprint density at radius 1 is 1.36 bits per heavy atom. The molecule has 3 nitrogen and oxygen atoms in total. The van der Waals surface area contributed by atoms with E-state index < -0.39 is 8.07 Å². The van der Waals surface area contributed by atoms with E-state index in [1.807, 2.05) is 0 Å². The average Bonchev–Trinajstić information content (AvgIpc) is 2.07. The number of halogens is 1. The summed E-state index contributed by atoms with van der Waals surface area (Å²) in [6.45, 7) is 6.24. The van der Waals surface area contributed by atoms with Crippen molar-refractivity contribution in [3.8, 4) is 0 Å². The van der Waals surface area contributed by atoms with Crippen LogP contribution in [0.4, 0.5) is 10.1 Å². The molecule has 0 fully saturated rings. The Hall–Kier alpha value is -1.32. The van der Waals surface area contributed by atoms with Crippen molar-refractivity contribution >= 4 is 18.9 Å². The molecule has 0 bridgehead atoms. The second kappa shape index (κ2) is 3.82. The second-order valence-corrected chi connectivity index (χ2v) is 9.14. The Morgan fingerprint density at radius 2 is 2.00 bits per heavy atom. The van der Waals surface area contributed by atoms with Crippen molar-refractivity contribution < 1.29 is 4.39 Å². The lowest BCUT2D eigenvalue weighted by Crippen LogP contribution is -2.38. The van der Waals surface area contributed by atoms with E-state index in [1.54, 1.807) is 0 Å². The molecule has 14 heavy (non-hydrogen) atoms. The van der Waals surface area contributed by atoms with Gasteiger partial charge >= 0.3 is 0 Å². The Morgan fingerprint density at radius 3 is 2.50 bits per heavy atom. The van der Waals surface area contributed by atoms with Crippen molar-refractivity contribution in [1.82, 2.24) is 0 Å². The van der Waals surface area contributed by atoms with Crippen LogP contribution in [0.2, 0.25) is 19.6 Å². The highest BCUT2D eigenvalue weighted by molar-refractivity contribution is 6.89. The zero-order chi connectivity index (χ0) is 10.8. The van der Waals surface area contributed by atoms with Crippen LogP contribution >= 0.6 is 0 Å². The van der Waals surface area contributed by atoms with Gasteiger partial charge < -0.3 is 0 Å². The lowest BCUT2D eigenvalue weighted by atomic mass is 10.3. The largest absolute Gasteiger partial charge is 0.207 e. The molecule has 1 rings (SSSR count). The molecule has 0 N–H and O–H groups in total. The van der Waals surface area contributed by atoms with Gasteiger partial charge in [-0.25, -0.2) is 4.39 Å². The third-order valence-electron chi connectivity index (χ3n) is 1.92. The predicted molar refractivity (Wildman–Crippen MR) is 58.2 cm³/mol. The van der Waals surface area contributed by atoms with Gasteiger partial charge in [-0.15, -0.1) is 0 Å². The van der Waals surface area contributed by atoms with Crippen molar-refractivity contribution in [2.45, 2.75) is 19.6 Å². The van der Waals surface area contributed by atoms with Gasteiger partial charge in [0.25, 0.3) is 0 Å². The number of azide groups is 1. The third-order valence-corrected chi connectivity index (χ3v) is 3.94. The lowest BCUT2D eigenvalue weighted by molar-refractivity contribution is 0.629. The van der Waals surface area contributed by atoms with Crippen LogP contribution in [-0.4, -0.2) is 8.07 Å². The summed E-state index contributed by atoms with van der Waals surface area (Å²) in [4.78, 5) is 2.73. The quantitative estimate of drug-likeness (QED) is 0.310. The van der Waals surface area contributed by atoms with E-state index in [9.17, 15) is 4.39 Å². The van der Waals surface area contributed by atoms with Gasteiger partial charge in [0.1, 0.15) is 5.82 Å². The molecule has 0 heterocycles. The monoisotopic (exact) mass is 209 g/mol. The molecule has 0 spiro atoms. The molecular formula is C9H12FN3Si. The van der Waals surface area contributed by atoms with Gasteiger partial charge in [0.2, 0.25) is 0 Å². The molecule has 1 aromatic rings. The normalized spacial score (nSPS) is 10.9. The van der Waals surface area contributed by atoms with E-state index in [-0.39, 0.29) is 5.82 Å². The molecule has 0 atom stereocenters. The van der Waals surface area contributed by atoms with Crippen molar-refractivity contribution in [2.75, 3.05) is 0 Å². The first-order valence-corrected chi connectivity index (χ1v) is 7.80. The lowest BCUT2D eigenvalue weighted by Gasteiger charge is -2.18. The molecule has 0 aromatic heterocycles. The molecule has 5 heteroatoms. The summed E-state index contributed by atoms with van der Waals surface area (Å²) in [7, 11) is -1.65. The van der Waals surface area contributed by atoms with Gasteiger partial charge in [-0.05, 0) is 28.9 Å². The van der Waals surface area contributed by atoms with Crippen LogP contribution in [0.5, 0.6) is 0 Å². The fraction of sp³-hybridized carbons (Fsp3) is 0.333. The van der Waals surface area contributed by atoms with Crippen LogP contribution in [0.3, 0.4) is 0 Å². The van der Waals surface area contributed by atoms with Crippen LogP contribution < -0.4 is 5.19 Å². The zero-order valence-electron chi connectivity index (χ0n) is 8.45. The summed E-state index contributed by atoms with van der Waals surface area (Å²) in [5, 5.41) is 4.42. The maximum atomic E-state index is 13.0. The molecule has 0 saturated carbocycles. The molecule has 74 valence electrons. The molecule has 0 aliphatic heterocycles. The molecule has 0 amide bonds. The molecule has 0 aliphatic rings. The van der Waals surface area contributed by atoms with Crippen LogP contribution in [-0.2, 0) is 0 Å². The first-order chi connectivity index (χ1) is 6.45. The first kappa shape index (κ1) is 10.8. The van der Waals surface area contributed by atoms with E-state index in [2.05, 4.69) is 29.7 Å². The summed E-state index contributed by atoms with van der Waals surface area (Å²) >= 11 is 0. The Labute approximate surface area is 83.2 Å². The van der Waals surface area contributed by atoms with E-state index in [1.165, 1.54) is 18.2 Å². The summed E-state index contributed by atoms with van der Waals surface area (Å²) < 4.78 is 13.0. The number of hydrogen-bond acceptors (Lipinski definition) is 1. The van der Waals surface area contributed by atoms with Crippen LogP contribution in [0.25, 0.3) is 10.4 Å². The van der Waals surface area contributed by atoms with Gasteiger partial charge in [-0.3, -0.25) is 0 Å². The molecular weight excluding hydrogens is 197 g/mol. The van der Waals surface area contributed by atoms with Crippen LogP contribution in [0, 0.1) is 5.82 Å². The van der Waals surface area contributed by atoms with Crippen molar-refractivity contribution in [3.63, 3.8) is 0 Å². The summed E-state index contributed by atoms with van der Waals surface area (Å²) in [5.74, 6) is -0.278. The third kappa shape index (κ3) is 2.34. The molecule has 1 aromatic carbocycles. The van der Waals surface area contributed by atoms with E-state index in [0.717, 1.165) is 5.19 Å². The van der Waals surface area contributed by atoms with E-state index in [0.29, 0.717) is 5.69 Å². The number of nitrogens with zero attached hydrogens (tertiary/aromatic N) is 3. The van der Waals surface area contributed by atoms with Crippen LogP contribution in [0.1, 0.15) is 0 Å². The second-order valence-electron chi connectivity index (χ2n) is 4.10. The van der Waals surface area contributed by atoms with Gasteiger partial charge in [0.15, 0.2) is 0 Å².